The van der Waals surface area contributed by atoms with E-state index in [1.165, 1.54) is 6.92 Å². The van der Waals surface area contributed by atoms with Gasteiger partial charge in [0.25, 0.3) is 5.91 Å². The molecule has 1 fully saturated rings. The van der Waals surface area contributed by atoms with Gasteiger partial charge in [-0.1, -0.05) is 28.9 Å². The molecule has 1 aromatic carbocycles. The van der Waals surface area contributed by atoms with Gasteiger partial charge in [-0.25, -0.2) is 0 Å². The Balaban J connectivity index is 1.57. The molecule has 0 aliphatic carbocycles. The molecule has 1 aromatic heterocycles. The van der Waals surface area contributed by atoms with Crippen molar-refractivity contribution in [1.82, 2.24) is 19.9 Å². The quantitative estimate of drug-likeness (QED) is 0.903. The third kappa shape index (κ3) is 3.80. The van der Waals surface area contributed by atoms with Crippen LogP contribution in [0.25, 0.3) is 11.4 Å². The molecule has 2 heterocycles. The summed E-state index contributed by atoms with van der Waals surface area (Å²) in [5.74, 6) is 0.951. The fourth-order valence-corrected chi connectivity index (χ4v) is 2.80. The largest absolute Gasteiger partial charge is 0.384 e. The Morgan fingerprint density at radius 3 is 2.75 bits per heavy atom. The summed E-state index contributed by atoms with van der Waals surface area (Å²) >= 11 is 0. The van der Waals surface area contributed by atoms with Gasteiger partial charge in [-0.05, 0) is 19.9 Å². The van der Waals surface area contributed by atoms with Gasteiger partial charge in [-0.3, -0.25) is 9.69 Å². The first-order valence-corrected chi connectivity index (χ1v) is 8.12. The van der Waals surface area contributed by atoms with Crippen LogP contribution in [-0.4, -0.2) is 63.2 Å². The average Bonchev–Trinajstić information content (AvgIpc) is 3.03. The third-order valence-electron chi connectivity index (χ3n) is 4.14. The van der Waals surface area contributed by atoms with Crippen molar-refractivity contribution in [2.24, 2.45) is 0 Å². The van der Waals surface area contributed by atoms with Gasteiger partial charge >= 0.3 is 0 Å². The van der Waals surface area contributed by atoms with Gasteiger partial charge in [0, 0.05) is 31.7 Å². The van der Waals surface area contributed by atoms with E-state index in [9.17, 15) is 9.90 Å². The minimum Gasteiger partial charge on any atom is -0.384 e. The lowest BCUT2D eigenvalue weighted by atomic mass is 10.1. The van der Waals surface area contributed by atoms with Gasteiger partial charge < -0.3 is 14.5 Å². The summed E-state index contributed by atoms with van der Waals surface area (Å²) in [6.07, 6.45) is -0.940. The lowest BCUT2D eigenvalue weighted by Crippen LogP contribution is -2.50. The maximum atomic E-state index is 11.8. The first kappa shape index (κ1) is 16.6. The van der Waals surface area contributed by atoms with E-state index in [1.54, 1.807) is 4.90 Å². The molecule has 1 N–H and O–H groups in total. The number of aliphatic hydroxyl groups excluding tert-OH is 1. The summed E-state index contributed by atoms with van der Waals surface area (Å²) in [5, 5.41) is 13.4. The molecule has 0 spiro atoms. The maximum Gasteiger partial charge on any atom is 0.251 e. The molecule has 0 radical (unpaired) electrons. The third-order valence-corrected chi connectivity index (χ3v) is 4.14. The van der Waals surface area contributed by atoms with Crippen LogP contribution in [0.1, 0.15) is 18.4 Å². The van der Waals surface area contributed by atoms with Crippen molar-refractivity contribution >= 4 is 5.91 Å². The van der Waals surface area contributed by atoms with Crippen molar-refractivity contribution in [3.05, 3.63) is 35.7 Å². The first-order valence-electron chi connectivity index (χ1n) is 8.12. The summed E-state index contributed by atoms with van der Waals surface area (Å²) < 4.78 is 5.35. The average molecular weight is 330 g/mol. The summed E-state index contributed by atoms with van der Waals surface area (Å²) in [7, 11) is 0. The molecular formula is C17H22N4O3. The highest BCUT2D eigenvalue weighted by Crippen LogP contribution is 2.18. The van der Waals surface area contributed by atoms with Crippen molar-refractivity contribution in [2.75, 3.05) is 26.2 Å². The molecule has 1 aliphatic heterocycles. The van der Waals surface area contributed by atoms with Crippen molar-refractivity contribution in [3.8, 4) is 11.4 Å². The fraction of sp³-hybridized carbons (Fsp3) is 0.471. The molecule has 1 atom stereocenters. The van der Waals surface area contributed by atoms with E-state index in [0.717, 1.165) is 24.2 Å². The second-order valence-electron chi connectivity index (χ2n) is 6.16. The van der Waals surface area contributed by atoms with Crippen LogP contribution in [0.4, 0.5) is 0 Å². The second-order valence-corrected chi connectivity index (χ2v) is 6.16. The number of aryl methyl sites for hydroxylation is 1. The second kappa shape index (κ2) is 7.11. The number of amides is 1. The number of carbonyl (C=O) groups is 1. The molecule has 24 heavy (non-hydrogen) atoms. The molecule has 0 saturated carbocycles. The van der Waals surface area contributed by atoms with Crippen LogP contribution in [0.2, 0.25) is 0 Å². The first-order chi connectivity index (χ1) is 11.5. The van der Waals surface area contributed by atoms with Gasteiger partial charge in [0.05, 0.1) is 6.54 Å². The predicted octanol–water partition coefficient (Wildman–Crippen LogP) is 1.07. The number of nitrogens with zero attached hydrogens (tertiary/aromatic N) is 4. The van der Waals surface area contributed by atoms with E-state index in [2.05, 4.69) is 15.0 Å². The molecule has 1 unspecified atom stereocenters. The molecule has 7 heteroatoms. The number of aliphatic hydroxyl groups is 1. The maximum absolute atomic E-state index is 11.8. The normalized spacial score (nSPS) is 17.0. The molecule has 128 valence electrons. The molecular weight excluding hydrogens is 308 g/mol. The van der Waals surface area contributed by atoms with Crippen LogP contribution in [0.5, 0.6) is 0 Å². The molecule has 1 amide bonds. The SMILES string of the molecule is Cc1cccc(-c2noc(CN3CCN(C(=O)C(C)O)CC3)n2)c1. The summed E-state index contributed by atoms with van der Waals surface area (Å²) in [6.45, 7) is 6.74. The molecule has 7 nitrogen and oxygen atoms in total. The van der Waals surface area contributed by atoms with E-state index in [4.69, 9.17) is 4.52 Å². The standard InChI is InChI=1S/C17H22N4O3/c1-12-4-3-5-14(10-12)16-18-15(24-19-16)11-20-6-8-21(9-7-20)17(23)13(2)22/h3-5,10,13,22H,6-9,11H2,1-2H3. The zero-order valence-corrected chi connectivity index (χ0v) is 14.0. The minimum atomic E-state index is -0.940. The number of aromatic nitrogens is 2. The van der Waals surface area contributed by atoms with E-state index >= 15 is 0 Å². The van der Waals surface area contributed by atoms with Crippen LogP contribution in [-0.2, 0) is 11.3 Å². The molecule has 1 saturated heterocycles. The van der Waals surface area contributed by atoms with Crippen LogP contribution in [0.3, 0.4) is 0 Å². The monoisotopic (exact) mass is 330 g/mol. The summed E-state index contributed by atoms with van der Waals surface area (Å²) in [4.78, 5) is 20.1. The van der Waals surface area contributed by atoms with Crippen LogP contribution in [0.15, 0.2) is 28.8 Å². The highest BCUT2D eigenvalue weighted by Gasteiger charge is 2.24. The van der Waals surface area contributed by atoms with E-state index in [1.807, 2.05) is 31.2 Å². The number of carbonyl (C=O) groups excluding carboxylic acids is 1. The Kier molecular flexibility index (Phi) is 4.92. The summed E-state index contributed by atoms with van der Waals surface area (Å²) in [6, 6.07) is 7.98. The Hall–Kier alpha value is -2.25. The highest BCUT2D eigenvalue weighted by atomic mass is 16.5. The molecule has 2 aromatic rings. The van der Waals surface area contributed by atoms with Crippen molar-refractivity contribution < 1.29 is 14.4 Å². The fourth-order valence-electron chi connectivity index (χ4n) is 2.80. The Labute approximate surface area is 140 Å². The van der Waals surface area contributed by atoms with Crippen molar-refractivity contribution in [1.29, 1.82) is 0 Å². The number of hydrogen-bond acceptors (Lipinski definition) is 6. The lowest BCUT2D eigenvalue weighted by molar-refractivity contribution is -0.141. The van der Waals surface area contributed by atoms with Crippen LogP contribution >= 0.6 is 0 Å². The van der Waals surface area contributed by atoms with Gasteiger partial charge in [-0.15, -0.1) is 0 Å². The molecule has 3 rings (SSSR count). The molecule has 0 bridgehead atoms. The Bertz CT molecular complexity index is 705. The number of benzene rings is 1. The van der Waals surface area contributed by atoms with E-state index in [-0.39, 0.29) is 5.91 Å². The highest BCUT2D eigenvalue weighted by molar-refractivity contribution is 5.80. The zero-order chi connectivity index (χ0) is 17.1. The van der Waals surface area contributed by atoms with Gasteiger partial charge in [0.15, 0.2) is 0 Å². The predicted molar refractivity (Wildman–Crippen MR) is 88.0 cm³/mol. The number of rotatable bonds is 4. The smallest absolute Gasteiger partial charge is 0.251 e. The lowest BCUT2D eigenvalue weighted by Gasteiger charge is -2.34. The Morgan fingerprint density at radius 2 is 2.08 bits per heavy atom. The van der Waals surface area contributed by atoms with Crippen molar-refractivity contribution in [2.45, 2.75) is 26.5 Å². The van der Waals surface area contributed by atoms with Gasteiger partial charge in [0.2, 0.25) is 11.7 Å². The topological polar surface area (TPSA) is 82.7 Å². The summed E-state index contributed by atoms with van der Waals surface area (Å²) in [5.41, 5.74) is 2.09. The van der Waals surface area contributed by atoms with E-state index < -0.39 is 6.10 Å². The van der Waals surface area contributed by atoms with Gasteiger partial charge in [0.1, 0.15) is 6.10 Å². The molecule has 1 aliphatic rings. The van der Waals surface area contributed by atoms with Crippen LogP contribution in [0, 0.1) is 6.92 Å². The number of hydrogen-bond donors (Lipinski definition) is 1. The van der Waals surface area contributed by atoms with E-state index in [0.29, 0.717) is 31.3 Å². The zero-order valence-electron chi connectivity index (χ0n) is 14.0. The van der Waals surface area contributed by atoms with Gasteiger partial charge in [-0.2, -0.15) is 4.98 Å². The Morgan fingerprint density at radius 1 is 1.33 bits per heavy atom. The van der Waals surface area contributed by atoms with Crippen molar-refractivity contribution in [3.63, 3.8) is 0 Å². The number of piperazine rings is 1. The minimum absolute atomic E-state index is 0.214. The van der Waals surface area contributed by atoms with Crippen LogP contribution < -0.4 is 0 Å².